The number of esters is 1. The van der Waals surface area contributed by atoms with Crippen molar-refractivity contribution >= 4 is 35.6 Å². The van der Waals surface area contributed by atoms with E-state index in [1.165, 1.54) is 6.08 Å². The van der Waals surface area contributed by atoms with Crippen LogP contribution in [0.3, 0.4) is 0 Å². The summed E-state index contributed by atoms with van der Waals surface area (Å²) in [5, 5.41) is 22.1. The average molecular weight is 579 g/mol. The SMILES string of the molecule is CCCCC(=O)OC(=O)OC1CC2=CC(=O)CC[C@]2(C)[C@H]2C(=O)C[C@@]3(C)[C@@H](CC[C@]3(O)C(=O)C(O)OC(=O)OC)[C@H]12. The van der Waals surface area contributed by atoms with Crippen LogP contribution in [0.1, 0.15) is 78.6 Å². The Morgan fingerprint density at radius 3 is 2.49 bits per heavy atom. The number of hydrogen-bond acceptors (Lipinski definition) is 12. The number of rotatable bonds is 7. The number of aliphatic hydroxyl groups excluding tert-OH is 1. The Morgan fingerprint density at radius 2 is 1.83 bits per heavy atom. The minimum Gasteiger partial charge on any atom is -0.438 e. The predicted octanol–water partition coefficient (Wildman–Crippen LogP) is 2.95. The number of carbonyl (C=O) groups is 6. The molecule has 0 aromatic carbocycles. The smallest absolute Gasteiger partial charge is 0.438 e. The second kappa shape index (κ2) is 11.3. The van der Waals surface area contributed by atoms with Gasteiger partial charge in [0.05, 0.1) is 7.11 Å². The Morgan fingerprint density at radius 1 is 1.12 bits per heavy atom. The van der Waals surface area contributed by atoms with Crippen LogP contribution in [0, 0.1) is 28.6 Å². The molecular formula is C29H38O12. The second-order valence-corrected chi connectivity index (χ2v) is 12.2. The lowest BCUT2D eigenvalue weighted by Gasteiger charge is -2.59. The molecular weight excluding hydrogens is 540 g/mol. The van der Waals surface area contributed by atoms with E-state index >= 15 is 0 Å². The molecule has 0 saturated heterocycles. The highest BCUT2D eigenvalue weighted by molar-refractivity contribution is 5.95. The van der Waals surface area contributed by atoms with Crippen LogP contribution in [0.4, 0.5) is 9.59 Å². The minimum atomic E-state index is -2.32. The third-order valence-corrected chi connectivity index (χ3v) is 10.0. The number of Topliss-reactive ketones (excluding diaryl/α,β-unsaturated/α-hetero) is 2. The molecule has 0 bridgehead atoms. The Bertz CT molecular complexity index is 1170. The van der Waals surface area contributed by atoms with Gasteiger partial charge in [-0.2, -0.15) is 0 Å². The van der Waals surface area contributed by atoms with Gasteiger partial charge in [0.2, 0.25) is 5.78 Å². The second-order valence-electron chi connectivity index (χ2n) is 12.2. The van der Waals surface area contributed by atoms with E-state index in [0.717, 1.165) is 13.5 Å². The molecule has 0 heterocycles. The van der Waals surface area contributed by atoms with Gasteiger partial charge in [-0.1, -0.05) is 32.8 Å². The summed E-state index contributed by atoms with van der Waals surface area (Å²) in [4.78, 5) is 76.0. The van der Waals surface area contributed by atoms with Crippen molar-refractivity contribution in [3.63, 3.8) is 0 Å². The topological polar surface area (TPSA) is 180 Å². The molecule has 12 nitrogen and oxygen atoms in total. The number of ether oxygens (including phenoxy) is 4. The van der Waals surface area contributed by atoms with Crippen molar-refractivity contribution in [2.24, 2.45) is 28.6 Å². The summed E-state index contributed by atoms with van der Waals surface area (Å²) in [5.74, 6) is -4.23. The lowest BCUT2D eigenvalue weighted by molar-refractivity contribution is -0.193. The molecule has 3 saturated carbocycles. The van der Waals surface area contributed by atoms with Gasteiger partial charge in [-0.3, -0.25) is 19.2 Å². The molecule has 226 valence electrons. The van der Waals surface area contributed by atoms with E-state index in [2.05, 4.69) is 9.47 Å². The summed E-state index contributed by atoms with van der Waals surface area (Å²) in [6.45, 7) is 5.37. The molecule has 2 N–H and O–H groups in total. The van der Waals surface area contributed by atoms with Crippen molar-refractivity contribution in [3.05, 3.63) is 11.6 Å². The Balaban J connectivity index is 1.70. The van der Waals surface area contributed by atoms with Gasteiger partial charge in [-0.25, -0.2) is 9.59 Å². The van der Waals surface area contributed by atoms with Crippen LogP contribution in [0.25, 0.3) is 0 Å². The predicted molar refractivity (Wildman–Crippen MR) is 138 cm³/mol. The molecule has 4 aliphatic carbocycles. The van der Waals surface area contributed by atoms with E-state index in [0.29, 0.717) is 18.4 Å². The zero-order valence-electron chi connectivity index (χ0n) is 23.8. The molecule has 0 aliphatic heterocycles. The molecule has 41 heavy (non-hydrogen) atoms. The number of hydrogen-bond donors (Lipinski definition) is 2. The maximum Gasteiger partial charge on any atom is 0.516 e. The van der Waals surface area contributed by atoms with E-state index in [4.69, 9.17) is 9.47 Å². The first-order valence-corrected chi connectivity index (χ1v) is 14.1. The maximum atomic E-state index is 14.0. The number of ketones is 3. The molecule has 0 aromatic heterocycles. The van der Waals surface area contributed by atoms with Crippen molar-refractivity contribution < 1.29 is 57.9 Å². The molecule has 4 aliphatic rings. The minimum absolute atomic E-state index is 0.0321. The van der Waals surface area contributed by atoms with E-state index in [-0.39, 0.29) is 50.1 Å². The Labute approximate surface area is 237 Å². The van der Waals surface area contributed by atoms with Crippen LogP contribution in [0.5, 0.6) is 0 Å². The highest BCUT2D eigenvalue weighted by Gasteiger charge is 2.71. The van der Waals surface area contributed by atoms with Crippen LogP contribution in [-0.2, 0) is 38.1 Å². The zero-order valence-corrected chi connectivity index (χ0v) is 23.8. The van der Waals surface area contributed by atoms with Gasteiger partial charge < -0.3 is 29.2 Å². The van der Waals surface area contributed by atoms with Gasteiger partial charge >= 0.3 is 18.3 Å². The molecule has 0 amide bonds. The Kier molecular flexibility index (Phi) is 8.48. The first-order valence-electron chi connectivity index (χ1n) is 14.1. The van der Waals surface area contributed by atoms with E-state index in [1.54, 1.807) is 6.92 Å². The van der Waals surface area contributed by atoms with Crippen molar-refractivity contribution in [3.8, 4) is 0 Å². The van der Waals surface area contributed by atoms with Gasteiger partial charge in [0, 0.05) is 42.9 Å². The molecule has 4 rings (SSSR count). The first kappa shape index (κ1) is 30.8. The summed E-state index contributed by atoms with van der Waals surface area (Å²) >= 11 is 0. The van der Waals surface area contributed by atoms with Crippen molar-refractivity contribution in [2.75, 3.05) is 7.11 Å². The monoisotopic (exact) mass is 578 g/mol. The third kappa shape index (κ3) is 5.20. The van der Waals surface area contributed by atoms with Crippen molar-refractivity contribution in [2.45, 2.75) is 96.6 Å². The van der Waals surface area contributed by atoms with Crippen LogP contribution in [0.15, 0.2) is 11.6 Å². The molecule has 0 spiro atoms. The van der Waals surface area contributed by atoms with Crippen molar-refractivity contribution in [1.82, 2.24) is 0 Å². The number of fused-ring (bicyclic) bond motifs is 5. The van der Waals surface area contributed by atoms with Gasteiger partial charge in [-0.05, 0) is 43.1 Å². The lowest BCUT2D eigenvalue weighted by Crippen LogP contribution is -2.64. The first-order chi connectivity index (χ1) is 19.2. The quantitative estimate of drug-likeness (QED) is 0.257. The number of aliphatic hydroxyl groups is 2. The molecule has 8 atom stereocenters. The summed E-state index contributed by atoms with van der Waals surface area (Å²) in [6.07, 6.45) is -2.42. The van der Waals surface area contributed by atoms with Crippen LogP contribution in [0.2, 0.25) is 0 Å². The standard InChI is InChI=1S/C29H38O12/c1-5-6-7-20(32)40-26(36)39-19-13-15-12-16(30)8-10-27(15,2)22-18(31)14-28(3)17(21(19)22)9-11-29(28,37)23(33)24(34)41-25(35)38-4/h12,17,19,21-22,24,34,37H,5-11,13-14H2,1-4H3/t17-,19?,21+,22-,24?,27-,28-,29-/m0/s1. The summed E-state index contributed by atoms with van der Waals surface area (Å²) in [5.41, 5.74) is -3.69. The van der Waals surface area contributed by atoms with Gasteiger partial charge in [0.25, 0.3) is 6.29 Å². The lowest BCUT2D eigenvalue weighted by atomic mass is 9.45. The van der Waals surface area contributed by atoms with Gasteiger partial charge in [0.1, 0.15) is 17.5 Å². The highest BCUT2D eigenvalue weighted by atomic mass is 16.8. The van der Waals surface area contributed by atoms with Gasteiger partial charge in [0.15, 0.2) is 5.78 Å². The van der Waals surface area contributed by atoms with Crippen LogP contribution in [-0.4, -0.2) is 70.9 Å². The molecule has 3 fully saturated rings. The van der Waals surface area contributed by atoms with Crippen LogP contribution < -0.4 is 0 Å². The highest BCUT2D eigenvalue weighted by Crippen LogP contribution is 2.67. The van der Waals surface area contributed by atoms with E-state index in [1.807, 2.05) is 13.8 Å². The fraction of sp³-hybridized carbons (Fsp3) is 0.724. The largest absolute Gasteiger partial charge is 0.516 e. The fourth-order valence-corrected chi connectivity index (χ4v) is 7.85. The number of methoxy groups -OCH3 is 1. The molecule has 12 heteroatoms. The fourth-order valence-electron chi connectivity index (χ4n) is 7.85. The zero-order chi connectivity index (χ0) is 30.3. The normalized spacial score (nSPS) is 36.6. The van der Waals surface area contributed by atoms with E-state index in [9.17, 15) is 39.0 Å². The average Bonchev–Trinajstić information content (AvgIpc) is 3.17. The Hall–Kier alpha value is -3.12. The summed E-state index contributed by atoms with van der Waals surface area (Å²) in [7, 11) is 0.995. The summed E-state index contributed by atoms with van der Waals surface area (Å²) in [6, 6.07) is 0. The molecule has 2 unspecified atom stereocenters. The maximum absolute atomic E-state index is 14.0. The molecule has 0 aromatic rings. The van der Waals surface area contributed by atoms with E-state index < -0.39 is 70.6 Å². The molecule has 0 radical (unpaired) electrons. The third-order valence-electron chi connectivity index (χ3n) is 10.0. The number of unbranched alkanes of at least 4 members (excludes halogenated alkanes) is 1. The van der Waals surface area contributed by atoms with Crippen LogP contribution >= 0.6 is 0 Å². The number of carbonyl (C=O) groups excluding carboxylic acids is 6. The van der Waals surface area contributed by atoms with Gasteiger partial charge in [-0.15, -0.1) is 0 Å². The summed E-state index contributed by atoms with van der Waals surface area (Å²) < 4.78 is 19.5. The van der Waals surface area contributed by atoms with Crippen molar-refractivity contribution in [1.29, 1.82) is 0 Å².